The molecule has 0 unspecified atom stereocenters. The van der Waals surface area contributed by atoms with E-state index in [-0.39, 0.29) is 12.4 Å². The van der Waals surface area contributed by atoms with Gasteiger partial charge in [0.1, 0.15) is 0 Å². The average Bonchev–Trinajstić information content (AvgIpc) is 2.30. The first-order valence-electron chi connectivity index (χ1n) is 5.22. The molecule has 0 fully saturated rings. The van der Waals surface area contributed by atoms with Gasteiger partial charge in [-0.1, -0.05) is 19.1 Å². The summed E-state index contributed by atoms with van der Waals surface area (Å²) in [6, 6.07) is 5.94. The number of nitriles is 1. The third-order valence-corrected chi connectivity index (χ3v) is 2.66. The molecule has 0 spiro atoms. The first kappa shape index (κ1) is 12.3. The Bertz CT molecular complexity index is 444. The van der Waals surface area contributed by atoms with Crippen LogP contribution in [0.2, 0.25) is 0 Å². The lowest BCUT2D eigenvalue weighted by Gasteiger charge is -2.10. The van der Waals surface area contributed by atoms with Crippen LogP contribution in [0.5, 0.6) is 0 Å². The van der Waals surface area contributed by atoms with E-state index < -0.39 is 0 Å². The van der Waals surface area contributed by atoms with Crippen molar-refractivity contribution in [2.45, 2.75) is 26.7 Å². The van der Waals surface area contributed by atoms with Gasteiger partial charge in [0.05, 0.1) is 25.2 Å². The van der Waals surface area contributed by atoms with Gasteiger partial charge >= 0.3 is 5.97 Å². The molecule has 0 aliphatic carbocycles. The summed E-state index contributed by atoms with van der Waals surface area (Å²) in [6.07, 6.45) is 0.955. The highest BCUT2D eigenvalue weighted by Crippen LogP contribution is 2.19. The van der Waals surface area contributed by atoms with Crippen LogP contribution in [0, 0.1) is 18.3 Å². The highest BCUT2D eigenvalue weighted by atomic mass is 16.5. The maximum Gasteiger partial charge on any atom is 0.310 e. The Hall–Kier alpha value is -1.82. The minimum absolute atomic E-state index is 0.159. The number of methoxy groups -OCH3 is 1. The van der Waals surface area contributed by atoms with E-state index >= 15 is 0 Å². The number of carbonyl (C=O) groups excluding carboxylic acids is 1. The molecule has 3 heteroatoms. The molecule has 1 rings (SSSR count). The summed E-state index contributed by atoms with van der Waals surface area (Å²) in [7, 11) is 1.35. The zero-order chi connectivity index (χ0) is 12.1. The van der Waals surface area contributed by atoms with Gasteiger partial charge in [0, 0.05) is 0 Å². The standard InChI is InChI=1S/C13H15NO2/c1-4-11-9(2)5-6-10(12(11)8-14)7-13(15)16-3/h5-6H,4,7H2,1-3H3. The second-order valence-electron chi connectivity index (χ2n) is 3.61. The summed E-state index contributed by atoms with van der Waals surface area (Å²) in [5.41, 5.74) is 3.47. The normalized spacial score (nSPS) is 9.62. The number of ether oxygens (including phenoxy) is 1. The molecule has 3 nitrogen and oxygen atoms in total. The highest BCUT2D eigenvalue weighted by molar-refractivity contribution is 5.73. The van der Waals surface area contributed by atoms with Crippen LogP contribution in [0.3, 0.4) is 0 Å². The van der Waals surface area contributed by atoms with Gasteiger partial charge in [0.25, 0.3) is 0 Å². The topological polar surface area (TPSA) is 50.1 Å². The molecule has 1 aromatic rings. The van der Waals surface area contributed by atoms with Crippen LogP contribution in [0.15, 0.2) is 12.1 Å². The monoisotopic (exact) mass is 217 g/mol. The maximum atomic E-state index is 11.2. The van der Waals surface area contributed by atoms with E-state index in [1.165, 1.54) is 7.11 Å². The Morgan fingerprint density at radius 3 is 2.69 bits per heavy atom. The third-order valence-electron chi connectivity index (χ3n) is 2.66. The largest absolute Gasteiger partial charge is 0.469 e. The Morgan fingerprint density at radius 2 is 2.19 bits per heavy atom. The lowest BCUT2D eigenvalue weighted by atomic mass is 9.94. The van der Waals surface area contributed by atoms with E-state index in [0.29, 0.717) is 5.56 Å². The average molecular weight is 217 g/mol. The number of hydrogen-bond donors (Lipinski definition) is 0. The first-order valence-corrected chi connectivity index (χ1v) is 5.22. The molecule has 0 aromatic heterocycles. The van der Waals surface area contributed by atoms with Gasteiger partial charge in [-0.05, 0) is 30.0 Å². The molecule has 0 N–H and O–H groups in total. The number of benzene rings is 1. The van der Waals surface area contributed by atoms with E-state index in [1.807, 2.05) is 26.0 Å². The zero-order valence-electron chi connectivity index (χ0n) is 9.83. The summed E-state index contributed by atoms with van der Waals surface area (Å²) >= 11 is 0. The van der Waals surface area contributed by atoms with E-state index in [1.54, 1.807) is 0 Å². The number of aryl methyl sites for hydroxylation is 1. The van der Waals surface area contributed by atoms with Crippen molar-refractivity contribution in [2.75, 3.05) is 7.11 Å². The van der Waals surface area contributed by atoms with Gasteiger partial charge < -0.3 is 4.74 Å². The van der Waals surface area contributed by atoms with Gasteiger partial charge in [0.15, 0.2) is 0 Å². The SMILES string of the molecule is CCc1c(C)ccc(CC(=O)OC)c1C#N. The maximum absolute atomic E-state index is 11.2. The van der Waals surface area contributed by atoms with Gasteiger partial charge in [-0.3, -0.25) is 4.79 Å². The number of nitrogens with zero attached hydrogens (tertiary/aromatic N) is 1. The Labute approximate surface area is 95.7 Å². The molecule has 0 saturated carbocycles. The van der Waals surface area contributed by atoms with Crippen LogP contribution in [0.1, 0.15) is 29.2 Å². The molecule has 0 aliphatic rings. The van der Waals surface area contributed by atoms with E-state index in [4.69, 9.17) is 5.26 Å². The third kappa shape index (κ3) is 2.40. The number of esters is 1. The van der Waals surface area contributed by atoms with Crippen LogP contribution >= 0.6 is 0 Å². The summed E-state index contributed by atoms with van der Waals surface area (Å²) < 4.78 is 4.61. The van der Waals surface area contributed by atoms with Crippen molar-refractivity contribution in [3.8, 4) is 6.07 Å². The van der Waals surface area contributed by atoms with Gasteiger partial charge in [-0.25, -0.2) is 0 Å². The molecule has 0 radical (unpaired) electrons. The molecular formula is C13H15NO2. The van der Waals surface area contributed by atoms with Gasteiger partial charge in [-0.15, -0.1) is 0 Å². The minimum Gasteiger partial charge on any atom is -0.469 e. The van der Waals surface area contributed by atoms with Crippen molar-refractivity contribution in [2.24, 2.45) is 0 Å². The smallest absolute Gasteiger partial charge is 0.310 e. The summed E-state index contributed by atoms with van der Waals surface area (Å²) in [5, 5.41) is 9.14. The fourth-order valence-corrected chi connectivity index (χ4v) is 1.77. The van der Waals surface area contributed by atoms with Crippen LogP contribution in [0.4, 0.5) is 0 Å². The van der Waals surface area contributed by atoms with Crippen LogP contribution in [-0.4, -0.2) is 13.1 Å². The molecule has 0 saturated heterocycles. The predicted molar refractivity (Wildman–Crippen MR) is 61.0 cm³/mol. The lowest BCUT2D eigenvalue weighted by molar-refractivity contribution is -0.139. The van der Waals surface area contributed by atoms with E-state index in [0.717, 1.165) is 23.1 Å². The van der Waals surface area contributed by atoms with Crippen LogP contribution in [0.25, 0.3) is 0 Å². The zero-order valence-corrected chi connectivity index (χ0v) is 9.83. The molecule has 16 heavy (non-hydrogen) atoms. The second kappa shape index (κ2) is 5.32. The molecule has 0 bridgehead atoms. The van der Waals surface area contributed by atoms with Crippen molar-refractivity contribution in [1.29, 1.82) is 5.26 Å². The molecule has 0 aliphatic heterocycles. The summed E-state index contributed by atoms with van der Waals surface area (Å²) in [4.78, 5) is 11.2. The van der Waals surface area contributed by atoms with Crippen molar-refractivity contribution in [3.05, 3.63) is 34.4 Å². The summed E-state index contributed by atoms with van der Waals surface area (Å²) in [5.74, 6) is -0.317. The molecule has 0 atom stereocenters. The first-order chi connectivity index (χ1) is 7.63. The fraction of sp³-hybridized carbons (Fsp3) is 0.385. The quantitative estimate of drug-likeness (QED) is 0.729. The predicted octanol–water partition coefficient (Wildman–Crippen LogP) is 2.14. The molecule has 0 heterocycles. The number of hydrogen-bond acceptors (Lipinski definition) is 3. The minimum atomic E-state index is -0.317. The van der Waals surface area contributed by atoms with Gasteiger partial charge in [0.2, 0.25) is 0 Å². The van der Waals surface area contributed by atoms with E-state index in [2.05, 4.69) is 10.8 Å². The Morgan fingerprint density at radius 1 is 1.50 bits per heavy atom. The van der Waals surface area contributed by atoms with Crippen molar-refractivity contribution >= 4 is 5.97 Å². The number of carbonyl (C=O) groups is 1. The molecule has 84 valence electrons. The van der Waals surface area contributed by atoms with Crippen LogP contribution < -0.4 is 0 Å². The fourth-order valence-electron chi connectivity index (χ4n) is 1.77. The highest BCUT2D eigenvalue weighted by Gasteiger charge is 2.12. The van der Waals surface area contributed by atoms with Crippen molar-refractivity contribution in [3.63, 3.8) is 0 Å². The van der Waals surface area contributed by atoms with Crippen molar-refractivity contribution < 1.29 is 9.53 Å². The van der Waals surface area contributed by atoms with Crippen molar-refractivity contribution in [1.82, 2.24) is 0 Å². The summed E-state index contributed by atoms with van der Waals surface area (Å²) in [6.45, 7) is 3.98. The molecule has 0 amide bonds. The molecular weight excluding hydrogens is 202 g/mol. The van der Waals surface area contributed by atoms with Gasteiger partial charge in [-0.2, -0.15) is 5.26 Å². The lowest BCUT2D eigenvalue weighted by Crippen LogP contribution is -2.08. The second-order valence-corrected chi connectivity index (χ2v) is 3.61. The van der Waals surface area contributed by atoms with E-state index in [9.17, 15) is 4.79 Å². The molecule has 1 aromatic carbocycles. The Balaban J connectivity index is 3.21. The number of rotatable bonds is 3. The van der Waals surface area contributed by atoms with Crippen LogP contribution in [-0.2, 0) is 22.4 Å². The Kier molecular flexibility index (Phi) is 4.07.